The van der Waals surface area contributed by atoms with Crippen LogP contribution < -0.4 is 4.74 Å². The molecule has 1 aromatic carbocycles. The van der Waals surface area contributed by atoms with Gasteiger partial charge in [-0.2, -0.15) is 0 Å². The molecule has 4 nitrogen and oxygen atoms in total. The lowest BCUT2D eigenvalue weighted by atomic mass is 9.64. The van der Waals surface area contributed by atoms with Crippen molar-refractivity contribution in [2.45, 2.75) is 24.7 Å². The van der Waals surface area contributed by atoms with Crippen molar-refractivity contribution in [3.8, 4) is 5.75 Å². The highest BCUT2D eigenvalue weighted by atomic mass is 16.5. The van der Waals surface area contributed by atoms with Gasteiger partial charge in [0.1, 0.15) is 5.75 Å². The van der Waals surface area contributed by atoms with Gasteiger partial charge in [-0.1, -0.05) is 6.42 Å². The Morgan fingerprint density at radius 1 is 1.42 bits per heavy atom. The van der Waals surface area contributed by atoms with E-state index in [-0.39, 0.29) is 0 Å². The molecule has 19 heavy (non-hydrogen) atoms. The fraction of sp³-hybridized carbons (Fsp3) is 0.400. The summed E-state index contributed by atoms with van der Waals surface area (Å²) in [5, 5.41) is 10.6. The number of hydrogen-bond acceptors (Lipinski definition) is 2. The maximum atomic E-state index is 11.7. The molecule has 2 aromatic rings. The van der Waals surface area contributed by atoms with Crippen LogP contribution in [-0.4, -0.2) is 22.8 Å². The molecule has 1 aliphatic carbocycles. The smallest absolute Gasteiger partial charge is 0.314 e. The predicted octanol–water partition coefficient (Wildman–Crippen LogP) is 2.69. The van der Waals surface area contributed by atoms with E-state index in [1.807, 2.05) is 36.0 Å². The summed E-state index contributed by atoms with van der Waals surface area (Å²) in [6.07, 6.45) is 4.38. The van der Waals surface area contributed by atoms with E-state index in [9.17, 15) is 9.90 Å². The first-order chi connectivity index (χ1) is 9.08. The summed E-state index contributed by atoms with van der Waals surface area (Å²) in [5.41, 5.74) is 1.26. The molecule has 4 heteroatoms. The van der Waals surface area contributed by atoms with E-state index in [2.05, 4.69) is 0 Å². The second-order valence-electron chi connectivity index (χ2n) is 5.28. The maximum absolute atomic E-state index is 11.7. The van der Waals surface area contributed by atoms with Crippen molar-refractivity contribution in [2.24, 2.45) is 7.05 Å². The number of carboxylic acids is 1. The fourth-order valence-corrected chi connectivity index (χ4v) is 3.01. The first-order valence-corrected chi connectivity index (χ1v) is 6.45. The number of fused-ring (bicyclic) bond motifs is 1. The lowest BCUT2D eigenvalue weighted by Crippen LogP contribution is -2.42. The second-order valence-corrected chi connectivity index (χ2v) is 5.28. The van der Waals surface area contributed by atoms with E-state index < -0.39 is 11.4 Å². The van der Waals surface area contributed by atoms with Crippen molar-refractivity contribution >= 4 is 16.9 Å². The summed E-state index contributed by atoms with van der Waals surface area (Å²) in [7, 11) is 3.58. The van der Waals surface area contributed by atoms with Crippen LogP contribution >= 0.6 is 0 Å². The lowest BCUT2D eigenvalue weighted by Gasteiger charge is -2.37. The molecule has 0 atom stereocenters. The Labute approximate surface area is 111 Å². The van der Waals surface area contributed by atoms with Crippen LogP contribution in [0.5, 0.6) is 5.75 Å². The molecule has 1 heterocycles. The number of nitrogens with zero attached hydrogens (tertiary/aromatic N) is 1. The summed E-state index contributed by atoms with van der Waals surface area (Å²) in [6, 6.07) is 5.82. The van der Waals surface area contributed by atoms with Gasteiger partial charge in [0.2, 0.25) is 0 Å². The highest BCUT2D eigenvalue weighted by Crippen LogP contribution is 2.47. The van der Waals surface area contributed by atoms with Crippen molar-refractivity contribution in [1.82, 2.24) is 4.57 Å². The van der Waals surface area contributed by atoms with Gasteiger partial charge in [-0.15, -0.1) is 0 Å². The molecule has 0 unspecified atom stereocenters. The van der Waals surface area contributed by atoms with Gasteiger partial charge in [-0.3, -0.25) is 4.79 Å². The molecule has 0 radical (unpaired) electrons. The third kappa shape index (κ3) is 1.56. The quantitative estimate of drug-likeness (QED) is 0.922. The Bertz CT molecular complexity index is 653. The monoisotopic (exact) mass is 259 g/mol. The molecule has 0 saturated heterocycles. The Hall–Kier alpha value is -1.97. The van der Waals surface area contributed by atoms with Crippen LogP contribution in [0.15, 0.2) is 24.4 Å². The minimum atomic E-state index is -0.714. The predicted molar refractivity (Wildman–Crippen MR) is 72.6 cm³/mol. The van der Waals surface area contributed by atoms with E-state index in [0.717, 1.165) is 41.5 Å². The molecule has 1 fully saturated rings. The molecule has 0 bridgehead atoms. The first-order valence-electron chi connectivity index (χ1n) is 6.45. The fourth-order valence-electron chi connectivity index (χ4n) is 3.01. The zero-order valence-electron chi connectivity index (χ0n) is 11.1. The van der Waals surface area contributed by atoms with Crippen LogP contribution in [0.4, 0.5) is 0 Å². The first kappa shape index (κ1) is 12.1. The topological polar surface area (TPSA) is 51.5 Å². The number of carbonyl (C=O) groups is 1. The number of ether oxygens (including phenoxy) is 1. The minimum Gasteiger partial charge on any atom is -0.497 e. The molecule has 0 amide bonds. The molecule has 1 N–H and O–H groups in total. The summed E-state index contributed by atoms with van der Waals surface area (Å²) >= 11 is 0. The third-order valence-electron chi connectivity index (χ3n) is 4.33. The van der Waals surface area contributed by atoms with E-state index in [1.54, 1.807) is 7.11 Å². The number of rotatable bonds is 3. The van der Waals surface area contributed by atoms with Gasteiger partial charge in [0.15, 0.2) is 0 Å². The largest absolute Gasteiger partial charge is 0.497 e. The van der Waals surface area contributed by atoms with Gasteiger partial charge < -0.3 is 14.4 Å². The number of benzene rings is 1. The number of aliphatic carboxylic acids is 1. The molecular weight excluding hydrogens is 242 g/mol. The SMILES string of the molecule is COc1ccc2c(c1)c(C1(C(=O)O)CCC1)cn2C. The van der Waals surface area contributed by atoms with Crippen molar-refractivity contribution in [3.05, 3.63) is 30.0 Å². The molecule has 0 aliphatic heterocycles. The molecule has 0 spiro atoms. The molecule has 100 valence electrons. The highest BCUT2D eigenvalue weighted by Gasteiger charge is 2.47. The summed E-state index contributed by atoms with van der Waals surface area (Å²) in [5.74, 6) is 0.0499. The Balaban J connectivity index is 2.26. The highest BCUT2D eigenvalue weighted by molar-refractivity contribution is 5.93. The average molecular weight is 259 g/mol. The molecule has 3 rings (SSSR count). The summed E-state index contributed by atoms with van der Waals surface area (Å²) < 4.78 is 7.25. The number of aryl methyl sites for hydroxylation is 1. The van der Waals surface area contributed by atoms with Gasteiger partial charge in [-0.05, 0) is 36.6 Å². The number of methoxy groups -OCH3 is 1. The van der Waals surface area contributed by atoms with Crippen LogP contribution in [0, 0.1) is 0 Å². The number of hydrogen-bond donors (Lipinski definition) is 1. The number of aromatic nitrogens is 1. The Morgan fingerprint density at radius 2 is 2.16 bits per heavy atom. The lowest BCUT2D eigenvalue weighted by molar-refractivity contribution is -0.147. The molecular formula is C15H17NO3. The Morgan fingerprint density at radius 3 is 2.68 bits per heavy atom. The van der Waals surface area contributed by atoms with Gasteiger partial charge in [0, 0.05) is 24.1 Å². The zero-order chi connectivity index (χ0) is 13.6. The number of carboxylic acid groups (broad SMARTS) is 1. The summed E-state index contributed by atoms with van der Waals surface area (Å²) in [4.78, 5) is 11.7. The third-order valence-corrected chi connectivity index (χ3v) is 4.33. The van der Waals surface area contributed by atoms with Gasteiger partial charge in [0.25, 0.3) is 0 Å². The molecule has 1 aromatic heterocycles. The van der Waals surface area contributed by atoms with E-state index in [4.69, 9.17) is 4.74 Å². The average Bonchev–Trinajstić information content (AvgIpc) is 2.65. The normalized spacial score (nSPS) is 17.2. The van der Waals surface area contributed by atoms with Crippen molar-refractivity contribution < 1.29 is 14.6 Å². The second kappa shape index (κ2) is 4.02. The maximum Gasteiger partial charge on any atom is 0.314 e. The van der Waals surface area contributed by atoms with Crippen LogP contribution in [0.1, 0.15) is 24.8 Å². The molecule has 1 saturated carbocycles. The van der Waals surface area contributed by atoms with Crippen LogP contribution in [0.2, 0.25) is 0 Å². The van der Waals surface area contributed by atoms with Gasteiger partial charge in [-0.25, -0.2) is 0 Å². The van der Waals surface area contributed by atoms with Gasteiger partial charge in [0.05, 0.1) is 12.5 Å². The Kier molecular flexibility index (Phi) is 2.55. The molecule has 1 aliphatic rings. The van der Waals surface area contributed by atoms with Crippen molar-refractivity contribution in [2.75, 3.05) is 7.11 Å². The van der Waals surface area contributed by atoms with Crippen molar-refractivity contribution in [3.63, 3.8) is 0 Å². The standard InChI is InChI=1S/C15H17NO3/c1-16-9-12(15(14(17)18)6-3-7-15)11-8-10(19-2)4-5-13(11)16/h4-5,8-9H,3,6-7H2,1-2H3,(H,17,18). The van der Waals surface area contributed by atoms with Crippen LogP contribution in [-0.2, 0) is 17.3 Å². The summed E-state index contributed by atoms with van der Waals surface area (Å²) in [6.45, 7) is 0. The van der Waals surface area contributed by atoms with Crippen LogP contribution in [0.3, 0.4) is 0 Å². The van der Waals surface area contributed by atoms with E-state index in [1.165, 1.54) is 0 Å². The van der Waals surface area contributed by atoms with E-state index in [0.29, 0.717) is 0 Å². The van der Waals surface area contributed by atoms with E-state index >= 15 is 0 Å². The van der Waals surface area contributed by atoms with Crippen LogP contribution in [0.25, 0.3) is 10.9 Å². The zero-order valence-corrected chi connectivity index (χ0v) is 11.1. The minimum absolute atomic E-state index is 0.703. The van der Waals surface area contributed by atoms with Gasteiger partial charge >= 0.3 is 5.97 Å². The van der Waals surface area contributed by atoms with Crippen molar-refractivity contribution in [1.29, 1.82) is 0 Å².